The lowest BCUT2D eigenvalue weighted by atomic mass is 10.0. The van der Waals surface area contributed by atoms with Crippen LogP contribution >= 0.6 is 15.9 Å². The highest BCUT2D eigenvalue weighted by molar-refractivity contribution is 9.10. The van der Waals surface area contributed by atoms with Gasteiger partial charge in [0, 0.05) is 12.6 Å². The number of carboxylic acid groups (broad SMARTS) is 1. The van der Waals surface area contributed by atoms with Crippen LogP contribution < -0.4 is 0 Å². The van der Waals surface area contributed by atoms with E-state index in [1.807, 2.05) is 0 Å². The van der Waals surface area contributed by atoms with Crippen molar-refractivity contribution in [3.05, 3.63) is 10.8 Å². The predicted octanol–water partition coefficient (Wildman–Crippen LogP) is 1.05. The Kier molecular flexibility index (Phi) is 3.98. The van der Waals surface area contributed by atoms with Crippen LogP contribution in [0.1, 0.15) is 19.8 Å². The monoisotopic (exact) mass is 351 g/mol. The molecule has 0 aromatic carbocycles. The van der Waals surface area contributed by atoms with Crippen molar-refractivity contribution in [2.24, 2.45) is 5.92 Å². The maximum Gasteiger partial charge on any atom is 0.307 e. The van der Waals surface area contributed by atoms with Crippen LogP contribution in [-0.4, -0.2) is 46.6 Å². The first-order valence-corrected chi connectivity index (χ1v) is 8.02. The van der Waals surface area contributed by atoms with E-state index in [0.29, 0.717) is 19.4 Å². The van der Waals surface area contributed by atoms with Crippen LogP contribution in [0.2, 0.25) is 0 Å². The number of carbonyl (C=O) groups is 1. The second-order valence-electron chi connectivity index (χ2n) is 4.50. The van der Waals surface area contributed by atoms with Crippen LogP contribution in [0.5, 0.6) is 0 Å². The van der Waals surface area contributed by atoms with Gasteiger partial charge in [0.1, 0.15) is 9.50 Å². The lowest BCUT2D eigenvalue weighted by Gasteiger charge is -2.26. The van der Waals surface area contributed by atoms with Crippen LogP contribution in [0.3, 0.4) is 0 Å². The molecule has 9 heteroatoms. The topological polar surface area (TPSA) is 103 Å². The molecule has 0 aliphatic carbocycles. The van der Waals surface area contributed by atoms with Crippen molar-refractivity contribution in [1.82, 2.24) is 14.5 Å². The van der Waals surface area contributed by atoms with Crippen molar-refractivity contribution in [3.63, 3.8) is 0 Å². The molecule has 1 fully saturated rings. The highest BCUT2D eigenvalue weighted by atomic mass is 79.9. The van der Waals surface area contributed by atoms with Gasteiger partial charge in [0.2, 0.25) is 10.0 Å². The zero-order chi connectivity index (χ0) is 14.2. The highest BCUT2D eigenvalue weighted by Gasteiger charge is 2.41. The van der Waals surface area contributed by atoms with Crippen molar-refractivity contribution in [3.8, 4) is 0 Å². The van der Waals surface area contributed by atoms with E-state index >= 15 is 0 Å². The fourth-order valence-electron chi connectivity index (χ4n) is 2.29. The molecule has 2 N–H and O–H groups in total. The molecule has 1 saturated heterocycles. The molecule has 0 radical (unpaired) electrons. The van der Waals surface area contributed by atoms with Gasteiger partial charge in [-0.15, -0.1) is 0 Å². The molecule has 2 rings (SSSR count). The van der Waals surface area contributed by atoms with E-state index < -0.39 is 28.0 Å². The molecule has 2 atom stereocenters. The first kappa shape index (κ1) is 14.5. The normalized spacial score (nSPS) is 22.5. The number of nitrogens with one attached hydrogen (secondary N) is 1. The number of carboxylic acids is 1. The molecule has 19 heavy (non-hydrogen) atoms. The number of halogens is 1. The summed E-state index contributed by atoms with van der Waals surface area (Å²) >= 11 is 3.09. The number of aromatic nitrogens is 2. The zero-order valence-electron chi connectivity index (χ0n) is 10.2. The van der Waals surface area contributed by atoms with Gasteiger partial charge in [0.25, 0.3) is 0 Å². The number of nitrogens with zero attached hydrogens (tertiary/aromatic N) is 2. The van der Waals surface area contributed by atoms with Gasteiger partial charge < -0.3 is 5.11 Å². The van der Waals surface area contributed by atoms with Gasteiger partial charge in [-0.05, 0) is 28.8 Å². The van der Waals surface area contributed by atoms with E-state index in [0.717, 1.165) is 0 Å². The van der Waals surface area contributed by atoms with Crippen LogP contribution in [0.25, 0.3) is 0 Å². The Morgan fingerprint density at radius 2 is 2.37 bits per heavy atom. The summed E-state index contributed by atoms with van der Waals surface area (Å²) in [4.78, 5) is 11.1. The maximum atomic E-state index is 12.5. The van der Waals surface area contributed by atoms with Gasteiger partial charge in [-0.3, -0.25) is 9.89 Å². The molecule has 2 heterocycles. The molecule has 1 aromatic rings. The van der Waals surface area contributed by atoms with E-state index in [4.69, 9.17) is 5.11 Å². The Morgan fingerprint density at radius 3 is 2.89 bits per heavy atom. The highest BCUT2D eigenvalue weighted by Crippen LogP contribution is 2.32. The summed E-state index contributed by atoms with van der Waals surface area (Å²) in [6.07, 6.45) is 2.44. The van der Waals surface area contributed by atoms with Gasteiger partial charge >= 0.3 is 5.97 Å². The average Bonchev–Trinajstić information content (AvgIpc) is 2.95. The molecule has 2 unspecified atom stereocenters. The third-order valence-corrected chi connectivity index (χ3v) is 6.17. The SMILES string of the molecule is CC(C(=O)O)C1CCCN1S(=O)(=O)c1cn[nH]c1Br. The Labute approximate surface area is 119 Å². The van der Waals surface area contributed by atoms with E-state index in [-0.39, 0.29) is 9.50 Å². The van der Waals surface area contributed by atoms with E-state index in [2.05, 4.69) is 26.1 Å². The quantitative estimate of drug-likeness (QED) is 0.843. The number of hydrogen-bond acceptors (Lipinski definition) is 4. The van der Waals surface area contributed by atoms with E-state index in [1.54, 1.807) is 0 Å². The number of H-pyrrole nitrogens is 1. The minimum atomic E-state index is -3.72. The molecule has 106 valence electrons. The molecule has 7 nitrogen and oxygen atoms in total. The Hall–Kier alpha value is -0.930. The van der Waals surface area contributed by atoms with E-state index in [9.17, 15) is 13.2 Å². The fourth-order valence-corrected chi connectivity index (χ4v) is 4.84. The summed E-state index contributed by atoms with van der Waals surface area (Å²) in [5.41, 5.74) is 0. The number of hydrogen-bond donors (Lipinski definition) is 2. The van der Waals surface area contributed by atoms with Gasteiger partial charge in [-0.2, -0.15) is 9.40 Å². The van der Waals surface area contributed by atoms with Gasteiger partial charge in [0.15, 0.2) is 0 Å². The summed E-state index contributed by atoms with van der Waals surface area (Å²) in [7, 11) is -3.72. The van der Waals surface area contributed by atoms with Crippen molar-refractivity contribution >= 4 is 31.9 Å². The maximum absolute atomic E-state index is 12.5. The molecule has 0 amide bonds. The van der Waals surface area contributed by atoms with Crippen molar-refractivity contribution in [1.29, 1.82) is 0 Å². The standard InChI is InChI=1S/C10H14BrN3O4S/c1-6(10(15)16)7-3-2-4-14(7)19(17,18)8-5-12-13-9(8)11/h5-7H,2-4H2,1H3,(H,12,13)(H,15,16). The summed E-state index contributed by atoms with van der Waals surface area (Å²) in [5.74, 6) is -1.72. The zero-order valence-corrected chi connectivity index (χ0v) is 12.6. The molecule has 0 saturated carbocycles. The largest absolute Gasteiger partial charge is 0.481 e. The van der Waals surface area contributed by atoms with Crippen molar-refractivity contribution in [2.75, 3.05) is 6.54 Å². The Balaban J connectivity index is 2.35. The molecule has 1 aromatic heterocycles. The molecular weight excluding hydrogens is 338 g/mol. The average molecular weight is 352 g/mol. The third-order valence-electron chi connectivity index (χ3n) is 3.36. The van der Waals surface area contributed by atoms with Crippen LogP contribution in [0.15, 0.2) is 15.7 Å². The lowest BCUT2D eigenvalue weighted by molar-refractivity contribution is -0.142. The molecule has 0 bridgehead atoms. The van der Waals surface area contributed by atoms with E-state index in [1.165, 1.54) is 17.4 Å². The molecule has 1 aliphatic heterocycles. The number of aliphatic carboxylic acids is 1. The summed E-state index contributed by atoms with van der Waals surface area (Å²) in [6, 6.07) is -0.510. The summed E-state index contributed by atoms with van der Waals surface area (Å²) in [6.45, 7) is 1.87. The molecule has 1 aliphatic rings. The minimum absolute atomic E-state index is 0.0389. The lowest BCUT2D eigenvalue weighted by Crippen LogP contribution is -2.41. The number of sulfonamides is 1. The summed E-state index contributed by atoms with van der Waals surface area (Å²) < 4.78 is 26.5. The molecular formula is C10H14BrN3O4S. The van der Waals surface area contributed by atoms with Gasteiger partial charge in [-0.25, -0.2) is 8.42 Å². The minimum Gasteiger partial charge on any atom is -0.481 e. The Bertz CT molecular complexity index is 585. The first-order chi connectivity index (χ1) is 8.85. The third kappa shape index (κ3) is 2.54. The number of rotatable bonds is 4. The fraction of sp³-hybridized carbons (Fsp3) is 0.600. The summed E-state index contributed by atoms with van der Waals surface area (Å²) in [5, 5.41) is 15.2. The van der Waals surface area contributed by atoms with Gasteiger partial charge in [-0.1, -0.05) is 6.92 Å². The second-order valence-corrected chi connectivity index (χ2v) is 7.15. The predicted molar refractivity (Wildman–Crippen MR) is 70.0 cm³/mol. The first-order valence-electron chi connectivity index (χ1n) is 5.79. The van der Waals surface area contributed by atoms with Crippen LogP contribution in [0.4, 0.5) is 0 Å². The molecule has 0 spiro atoms. The second kappa shape index (κ2) is 5.22. The van der Waals surface area contributed by atoms with Crippen LogP contribution in [-0.2, 0) is 14.8 Å². The smallest absolute Gasteiger partial charge is 0.307 e. The number of aromatic amines is 1. The van der Waals surface area contributed by atoms with Crippen molar-refractivity contribution < 1.29 is 18.3 Å². The van der Waals surface area contributed by atoms with Crippen molar-refractivity contribution in [2.45, 2.75) is 30.7 Å². The van der Waals surface area contributed by atoms with Crippen LogP contribution in [0, 0.1) is 5.92 Å². The van der Waals surface area contributed by atoms with Gasteiger partial charge in [0.05, 0.1) is 12.1 Å². The Morgan fingerprint density at radius 1 is 1.68 bits per heavy atom.